The first-order chi connectivity index (χ1) is 11.1. The fraction of sp³-hybridized carbons (Fsp3) is 0.353. The number of nitrogens with zero attached hydrogens (tertiary/aromatic N) is 3. The highest BCUT2D eigenvalue weighted by Crippen LogP contribution is 2.29. The Labute approximate surface area is 136 Å². The quantitative estimate of drug-likeness (QED) is 0.793. The van der Waals surface area contributed by atoms with Crippen LogP contribution in [0.25, 0.3) is 11.3 Å². The zero-order chi connectivity index (χ0) is 16.8. The summed E-state index contributed by atoms with van der Waals surface area (Å²) in [5, 5.41) is 9.27. The van der Waals surface area contributed by atoms with Gasteiger partial charge in [-0.2, -0.15) is 10.2 Å². The van der Waals surface area contributed by atoms with Crippen LogP contribution in [0.15, 0.2) is 18.2 Å². The van der Waals surface area contributed by atoms with Crippen molar-refractivity contribution in [2.45, 2.75) is 33.1 Å². The standard InChI is InChI=1S/C17H21N5O/c1-3-4-5-8-23-14-7-6-12(9-11(14)2)15-13(10-18)16(19)22-17(20)21-15/h6-7,9H,3-5,8H2,1-2H3,(H4,19,20,21,22). The van der Waals surface area contributed by atoms with Gasteiger partial charge < -0.3 is 16.2 Å². The van der Waals surface area contributed by atoms with Gasteiger partial charge in [0.15, 0.2) is 0 Å². The SMILES string of the molecule is CCCCCOc1ccc(-c2nc(N)nc(N)c2C#N)cc1C. The van der Waals surface area contributed by atoms with Gasteiger partial charge in [0.05, 0.1) is 12.3 Å². The Morgan fingerprint density at radius 1 is 1.22 bits per heavy atom. The van der Waals surface area contributed by atoms with E-state index in [-0.39, 0.29) is 17.3 Å². The molecule has 0 aliphatic carbocycles. The van der Waals surface area contributed by atoms with E-state index in [4.69, 9.17) is 16.2 Å². The van der Waals surface area contributed by atoms with E-state index < -0.39 is 0 Å². The number of unbranched alkanes of at least 4 members (excludes halogenated alkanes) is 2. The molecule has 0 radical (unpaired) electrons. The first-order valence-corrected chi connectivity index (χ1v) is 7.63. The predicted molar refractivity (Wildman–Crippen MR) is 90.8 cm³/mol. The van der Waals surface area contributed by atoms with E-state index in [1.54, 1.807) is 0 Å². The fourth-order valence-electron chi connectivity index (χ4n) is 2.31. The topological polar surface area (TPSA) is 111 Å². The van der Waals surface area contributed by atoms with Crippen LogP contribution in [0.4, 0.5) is 11.8 Å². The van der Waals surface area contributed by atoms with E-state index in [9.17, 15) is 5.26 Å². The number of hydrogen-bond acceptors (Lipinski definition) is 6. The number of rotatable bonds is 6. The van der Waals surface area contributed by atoms with Gasteiger partial charge in [-0.3, -0.25) is 0 Å². The fourth-order valence-corrected chi connectivity index (χ4v) is 2.31. The molecule has 1 heterocycles. The van der Waals surface area contributed by atoms with E-state index in [0.29, 0.717) is 12.3 Å². The number of nitriles is 1. The summed E-state index contributed by atoms with van der Waals surface area (Å²) in [4.78, 5) is 7.98. The number of aryl methyl sites for hydroxylation is 1. The molecular formula is C17H21N5O. The first kappa shape index (κ1) is 16.6. The molecule has 0 saturated carbocycles. The number of nitrogens with two attached hydrogens (primary N) is 2. The van der Waals surface area contributed by atoms with Crippen LogP contribution in [-0.4, -0.2) is 16.6 Å². The summed E-state index contributed by atoms with van der Waals surface area (Å²) in [5.74, 6) is 0.972. The van der Waals surface area contributed by atoms with Gasteiger partial charge in [0.2, 0.25) is 5.95 Å². The number of anilines is 2. The molecule has 6 nitrogen and oxygen atoms in total. The summed E-state index contributed by atoms with van der Waals surface area (Å²) in [7, 11) is 0. The highest BCUT2D eigenvalue weighted by atomic mass is 16.5. The van der Waals surface area contributed by atoms with Gasteiger partial charge in [-0.05, 0) is 37.1 Å². The molecule has 23 heavy (non-hydrogen) atoms. The molecular weight excluding hydrogens is 290 g/mol. The molecule has 0 aliphatic rings. The number of hydrogen-bond donors (Lipinski definition) is 2. The van der Waals surface area contributed by atoms with E-state index in [1.807, 2.05) is 31.2 Å². The minimum Gasteiger partial charge on any atom is -0.493 e. The second-order valence-electron chi connectivity index (χ2n) is 5.34. The van der Waals surface area contributed by atoms with Crippen LogP contribution >= 0.6 is 0 Å². The normalized spacial score (nSPS) is 10.3. The lowest BCUT2D eigenvalue weighted by molar-refractivity contribution is 0.304. The van der Waals surface area contributed by atoms with Crippen molar-refractivity contribution in [1.82, 2.24) is 9.97 Å². The van der Waals surface area contributed by atoms with Crippen molar-refractivity contribution >= 4 is 11.8 Å². The van der Waals surface area contributed by atoms with Crippen molar-refractivity contribution in [1.29, 1.82) is 5.26 Å². The molecule has 0 aliphatic heterocycles. The summed E-state index contributed by atoms with van der Waals surface area (Å²) in [6.07, 6.45) is 3.35. The second-order valence-corrected chi connectivity index (χ2v) is 5.34. The Bertz CT molecular complexity index is 736. The molecule has 0 saturated heterocycles. The van der Waals surface area contributed by atoms with Gasteiger partial charge in [-0.25, -0.2) is 4.98 Å². The number of benzene rings is 1. The zero-order valence-corrected chi connectivity index (χ0v) is 13.5. The molecule has 0 spiro atoms. The summed E-state index contributed by atoms with van der Waals surface area (Å²) in [6, 6.07) is 7.68. The Balaban J connectivity index is 2.29. The van der Waals surface area contributed by atoms with Crippen LogP contribution in [0.2, 0.25) is 0 Å². The lowest BCUT2D eigenvalue weighted by Crippen LogP contribution is -2.05. The van der Waals surface area contributed by atoms with Gasteiger partial charge in [0.25, 0.3) is 0 Å². The lowest BCUT2D eigenvalue weighted by atomic mass is 10.0. The van der Waals surface area contributed by atoms with Crippen molar-refractivity contribution in [3.05, 3.63) is 29.3 Å². The largest absolute Gasteiger partial charge is 0.493 e. The van der Waals surface area contributed by atoms with Crippen LogP contribution in [0.1, 0.15) is 37.3 Å². The minimum atomic E-state index is 0.0500. The first-order valence-electron chi connectivity index (χ1n) is 7.63. The molecule has 1 aromatic carbocycles. The average Bonchev–Trinajstić information content (AvgIpc) is 2.52. The summed E-state index contributed by atoms with van der Waals surface area (Å²) < 4.78 is 5.79. The molecule has 2 rings (SSSR count). The van der Waals surface area contributed by atoms with Crippen molar-refractivity contribution in [3.8, 4) is 23.1 Å². The third kappa shape index (κ3) is 3.89. The Morgan fingerprint density at radius 2 is 2.00 bits per heavy atom. The molecule has 0 unspecified atom stereocenters. The molecule has 0 atom stereocenters. The van der Waals surface area contributed by atoms with Crippen LogP contribution in [0, 0.1) is 18.3 Å². The molecule has 0 bridgehead atoms. The summed E-state index contributed by atoms with van der Waals surface area (Å²) in [5.41, 5.74) is 13.8. The molecule has 120 valence electrons. The molecule has 0 amide bonds. The highest BCUT2D eigenvalue weighted by Gasteiger charge is 2.14. The lowest BCUT2D eigenvalue weighted by Gasteiger charge is -2.11. The molecule has 6 heteroatoms. The summed E-state index contributed by atoms with van der Waals surface area (Å²) in [6.45, 7) is 4.81. The summed E-state index contributed by atoms with van der Waals surface area (Å²) >= 11 is 0. The van der Waals surface area contributed by atoms with Gasteiger partial charge in [0.1, 0.15) is 23.2 Å². The van der Waals surface area contributed by atoms with Gasteiger partial charge in [-0.15, -0.1) is 0 Å². The van der Waals surface area contributed by atoms with Crippen LogP contribution in [0.3, 0.4) is 0 Å². The van der Waals surface area contributed by atoms with Crippen LogP contribution < -0.4 is 16.2 Å². The maximum Gasteiger partial charge on any atom is 0.222 e. The Kier molecular flexibility index (Phi) is 5.36. The minimum absolute atomic E-state index is 0.0500. The molecule has 1 aromatic heterocycles. The van der Waals surface area contributed by atoms with E-state index in [0.717, 1.165) is 36.1 Å². The van der Waals surface area contributed by atoms with E-state index in [1.165, 1.54) is 0 Å². The molecule has 0 fully saturated rings. The second kappa shape index (κ2) is 7.45. The van der Waals surface area contributed by atoms with Gasteiger partial charge in [0, 0.05) is 5.56 Å². The monoisotopic (exact) mass is 311 g/mol. The Morgan fingerprint density at radius 3 is 2.65 bits per heavy atom. The molecule has 4 N–H and O–H groups in total. The number of aromatic nitrogens is 2. The smallest absolute Gasteiger partial charge is 0.222 e. The zero-order valence-electron chi connectivity index (χ0n) is 13.5. The van der Waals surface area contributed by atoms with Gasteiger partial charge in [-0.1, -0.05) is 19.8 Å². The number of nitrogen functional groups attached to an aromatic ring is 2. The molecule has 2 aromatic rings. The maximum atomic E-state index is 9.27. The maximum absolute atomic E-state index is 9.27. The third-order valence-corrected chi connectivity index (χ3v) is 3.52. The third-order valence-electron chi connectivity index (χ3n) is 3.52. The van der Waals surface area contributed by atoms with Crippen LogP contribution in [-0.2, 0) is 0 Å². The van der Waals surface area contributed by atoms with E-state index >= 15 is 0 Å². The number of ether oxygens (including phenoxy) is 1. The van der Waals surface area contributed by atoms with Crippen molar-refractivity contribution in [2.24, 2.45) is 0 Å². The van der Waals surface area contributed by atoms with Crippen LogP contribution in [0.5, 0.6) is 5.75 Å². The predicted octanol–water partition coefficient (Wildman–Crippen LogP) is 3.06. The van der Waals surface area contributed by atoms with E-state index in [2.05, 4.69) is 16.9 Å². The van der Waals surface area contributed by atoms with Crippen molar-refractivity contribution in [2.75, 3.05) is 18.1 Å². The Hall–Kier alpha value is -2.81. The van der Waals surface area contributed by atoms with Crippen molar-refractivity contribution < 1.29 is 4.74 Å². The van der Waals surface area contributed by atoms with Crippen molar-refractivity contribution in [3.63, 3.8) is 0 Å². The van der Waals surface area contributed by atoms with Gasteiger partial charge >= 0.3 is 0 Å². The highest BCUT2D eigenvalue weighted by molar-refractivity contribution is 5.74. The average molecular weight is 311 g/mol.